The first-order valence-electron chi connectivity index (χ1n) is 6.45. The molecule has 0 spiro atoms. The zero-order valence-electron chi connectivity index (χ0n) is 11.2. The van der Waals surface area contributed by atoms with Gasteiger partial charge in [0.15, 0.2) is 0 Å². The molecule has 20 heavy (non-hydrogen) atoms. The molecule has 0 radical (unpaired) electrons. The van der Waals surface area contributed by atoms with Crippen LogP contribution in [-0.4, -0.2) is 14.5 Å². The molecule has 1 aromatic carbocycles. The van der Waals surface area contributed by atoms with E-state index in [0.717, 1.165) is 34.4 Å². The summed E-state index contributed by atoms with van der Waals surface area (Å²) in [5.41, 5.74) is 9.89. The Bertz CT molecular complexity index is 789. The molecule has 0 aliphatic rings. The number of hydrogen-bond acceptors (Lipinski definition) is 2. The van der Waals surface area contributed by atoms with Gasteiger partial charge in [-0.3, -0.25) is 4.98 Å². The van der Waals surface area contributed by atoms with Crippen LogP contribution in [0.5, 0.6) is 0 Å². The maximum Gasteiger partial charge on any atom is 0.104 e. The molecule has 0 unspecified atom stereocenters. The summed E-state index contributed by atoms with van der Waals surface area (Å²) < 4.78 is 2.17. The number of aromatic nitrogens is 2. The summed E-state index contributed by atoms with van der Waals surface area (Å²) in [5.74, 6) is 0. The lowest BCUT2D eigenvalue weighted by atomic mass is 10.1. The summed E-state index contributed by atoms with van der Waals surface area (Å²) in [4.78, 5) is 4.97. The van der Waals surface area contributed by atoms with Crippen LogP contribution in [0.15, 0.2) is 48.7 Å². The molecule has 0 amide bonds. The molecular formula is C16H15N3S. The quantitative estimate of drug-likeness (QED) is 0.750. The molecular weight excluding hydrogens is 266 g/mol. The van der Waals surface area contributed by atoms with Crippen molar-refractivity contribution < 1.29 is 0 Å². The van der Waals surface area contributed by atoms with Crippen LogP contribution in [0.2, 0.25) is 0 Å². The second-order valence-electron chi connectivity index (χ2n) is 4.82. The first-order chi connectivity index (χ1) is 9.65. The number of rotatable bonds is 3. The Hall–Kier alpha value is -2.20. The van der Waals surface area contributed by atoms with Crippen molar-refractivity contribution in [3.63, 3.8) is 0 Å². The number of fused-ring (bicyclic) bond motifs is 1. The molecule has 3 aromatic rings. The molecule has 0 bridgehead atoms. The fourth-order valence-corrected chi connectivity index (χ4v) is 2.62. The highest BCUT2D eigenvalue weighted by Gasteiger charge is 2.08. The van der Waals surface area contributed by atoms with Crippen LogP contribution in [0.1, 0.15) is 17.0 Å². The molecule has 2 heterocycles. The number of hydrogen-bond donors (Lipinski definition) is 1. The summed E-state index contributed by atoms with van der Waals surface area (Å²) >= 11 is 5.10. The lowest BCUT2D eigenvalue weighted by Crippen LogP contribution is -2.09. The molecule has 0 aliphatic carbocycles. The molecule has 0 fully saturated rings. The van der Waals surface area contributed by atoms with Crippen molar-refractivity contribution in [1.82, 2.24) is 9.55 Å². The first kappa shape index (κ1) is 12.8. The lowest BCUT2D eigenvalue weighted by Gasteiger charge is -2.07. The van der Waals surface area contributed by atoms with Crippen molar-refractivity contribution >= 4 is 28.1 Å². The van der Waals surface area contributed by atoms with Gasteiger partial charge in [-0.15, -0.1) is 0 Å². The van der Waals surface area contributed by atoms with E-state index in [1.54, 1.807) is 0 Å². The molecule has 2 aromatic heterocycles. The largest absolute Gasteiger partial charge is 0.389 e. The van der Waals surface area contributed by atoms with Crippen molar-refractivity contribution in [1.29, 1.82) is 0 Å². The van der Waals surface area contributed by atoms with E-state index in [9.17, 15) is 0 Å². The van der Waals surface area contributed by atoms with Gasteiger partial charge in [0, 0.05) is 28.4 Å². The zero-order valence-corrected chi connectivity index (χ0v) is 12.0. The summed E-state index contributed by atoms with van der Waals surface area (Å²) in [5, 5.41) is 1.09. The highest BCUT2D eigenvalue weighted by atomic mass is 32.1. The van der Waals surface area contributed by atoms with E-state index in [1.165, 1.54) is 0 Å². The minimum Gasteiger partial charge on any atom is -0.389 e. The molecule has 0 atom stereocenters. The van der Waals surface area contributed by atoms with E-state index in [1.807, 2.05) is 37.3 Å². The zero-order chi connectivity index (χ0) is 14.1. The van der Waals surface area contributed by atoms with Gasteiger partial charge in [0.25, 0.3) is 0 Å². The minimum atomic E-state index is 0.432. The maximum atomic E-state index is 5.77. The van der Waals surface area contributed by atoms with Gasteiger partial charge in [-0.25, -0.2) is 0 Å². The molecule has 3 nitrogen and oxygen atoms in total. The Balaban J connectivity index is 2.05. The number of benzene rings is 1. The van der Waals surface area contributed by atoms with E-state index in [0.29, 0.717) is 4.99 Å². The summed E-state index contributed by atoms with van der Waals surface area (Å²) in [6.45, 7) is 2.74. The predicted molar refractivity (Wildman–Crippen MR) is 85.9 cm³/mol. The van der Waals surface area contributed by atoms with Crippen molar-refractivity contribution in [2.45, 2.75) is 13.5 Å². The maximum absolute atomic E-state index is 5.77. The number of nitrogens with zero attached hydrogens (tertiary/aromatic N) is 2. The molecule has 0 saturated carbocycles. The number of pyridine rings is 1. The van der Waals surface area contributed by atoms with Gasteiger partial charge >= 0.3 is 0 Å². The fraction of sp³-hybridized carbons (Fsp3) is 0.125. The van der Waals surface area contributed by atoms with E-state index < -0.39 is 0 Å². The van der Waals surface area contributed by atoms with Crippen LogP contribution >= 0.6 is 12.2 Å². The van der Waals surface area contributed by atoms with Gasteiger partial charge in [0.2, 0.25) is 0 Å². The fourth-order valence-electron chi connectivity index (χ4n) is 2.44. The third-order valence-corrected chi connectivity index (χ3v) is 3.58. The Morgan fingerprint density at radius 3 is 2.75 bits per heavy atom. The van der Waals surface area contributed by atoms with Crippen molar-refractivity contribution in [2.75, 3.05) is 0 Å². The molecule has 2 N–H and O–H groups in total. The van der Waals surface area contributed by atoms with Gasteiger partial charge in [0.05, 0.1) is 12.2 Å². The number of aryl methyl sites for hydroxylation is 1. The minimum absolute atomic E-state index is 0.432. The van der Waals surface area contributed by atoms with Crippen molar-refractivity contribution in [3.05, 3.63) is 65.6 Å². The predicted octanol–water partition coefficient (Wildman–Crippen LogP) is 3.03. The molecule has 3 rings (SSSR count). The van der Waals surface area contributed by atoms with Crippen molar-refractivity contribution in [3.8, 4) is 0 Å². The monoisotopic (exact) mass is 281 g/mol. The average molecular weight is 281 g/mol. The van der Waals surface area contributed by atoms with Gasteiger partial charge in [-0.2, -0.15) is 0 Å². The first-order valence-corrected chi connectivity index (χ1v) is 6.86. The van der Waals surface area contributed by atoms with E-state index in [2.05, 4.69) is 27.9 Å². The van der Waals surface area contributed by atoms with Crippen LogP contribution in [0.4, 0.5) is 0 Å². The highest BCUT2D eigenvalue weighted by molar-refractivity contribution is 7.80. The van der Waals surface area contributed by atoms with Gasteiger partial charge in [0.1, 0.15) is 4.99 Å². The molecule has 0 aliphatic heterocycles. The lowest BCUT2D eigenvalue weighted by molar-refractivity contribution is 0.802. The Labute approximate surface area is 123 Å². The van der Waals surface area contributed by atoms with Gasteiger partial charge in [-0.05, 0) is 31.2 Å². The summed E-state index contributed by atoms with van der Waals surface area (Å²) in [6.07, 6.45) is 2.05. The normalized spacial score (nSPS) is 10.8. The summed E-state index contributed by atoms with van der Waals surface area (Å²) in [6, 6.07) is 14.1. The third-order valence-electron chi connectivity index (χ3n) is 3.36. The van der Waals surface area contributed by atoms with E-state index in [-0.39, 0.29) is 0 Å². The Kier molecular flexibility index (Phi) is 3.24. The van der Waals surface area contributed by atoms with E-state index in [4.69, 9.17) is 18.0 Å². The van der Waals surface area contributed by atoms with Crippen LogP contribution in [0.3, 0.4) is 0 Å². The molecule has 0 saturated heterocycles. The van der Waals surface area contributed by atoms with Crippen LogP contribution in [0, 0.1) is 6.92 Å². The van der Waals surface area contributed by atoms with E-state index >= 15 is 0 Å². The second kappa shape index (κ2) is 5.06. The molecule has 4 heteroatoms. The Morgan fingerprint density at radius 2 is 2.00 bits per heavy atom. The second-order valence-corrected chi connectivity index (χ2v) is 5.26. The average Bonchev–Trinajstić information content (AvgIpc) is 2.82. The highest BCUT2D eigenvalue weighted by Crippen LogP contribution is 2.21. The van der Waals surface area contributed by atoms with Crippen LogP contribution < -0.4 is 5.73 Å². The summed E-state index contributed by atoms with van der Waals surface area (Å²) in [7, 11) is 0. The Morgan fingerprint density at radius 1 is 1.20 bits per heavy atom. The number of thiocarbonyl (C=S) groups is 1. The smallest absolute Gasteiger partial charge is 0.104 e. The van der Waals surface area contributed by atoms with Crippen LogP contribution in [-0.2, 0) is 6.54 Å². The SMILES string of the molecule is Cc1cccc(Cn2ccc3c(C(N)=S)cccc32)n1. The molecule has 100 valence electrons. The number of nitrogens with two attached hydrogens (primary N) is 1. The van der Waals surface area contributed by atoms with Gasteiger partial charge in [-0.1, -0.05) is 30.4 Å². The van der Waals surface area contributed by atoms with Crippen LogP contribution in [0.25, 0.3) is 10.9 Å². The van der Waals surface area contributed by atoms with Crippen molar-refractivity contribution in [2.24, 2.45) is 5.73 Å². The topological polar surface area (TPSA) is 43.8 Å². The standard InChI is InChI=1S/C16H15N3S/c1-11-4-2-5-12(18-11)10-19-9-8-13-14(16(17)20)6-3-7-15(13)19/h2-9H,10H2,1H3,(H2,17,20). The third kappa shape index (κ3) is 2.30. The van der Waals surface area contributed by atoms with Gasteiger partial charge < -0.3 is 10.3 Å².